The summed E-state index contributed by atoms with van der Waals surface area (Å²) in [5.41, 5.74) is 6.63. The fourth-order valence-corrected chi connectivity index (χ4v) is 3.61. The predicted octanol–water partition coefficient (Wildman–Crippen LogP) is 3.61. The van der Waals surface area contributed by atoms with Crippen molar-refractivity contribution in [3.05, 3.63) is 34.9 Å². The number of carbonyl (C=O) groups is 1. The van der Waals surface area contributed by atoms with Crippen LogP contribution in [0.5, 0.6) is 0 Å². The summed E-state index contributed by atoms with van der Waals surface area (Å²) < 4.78 is 0. The average Bonchev–Trinajstić information content (AvgIpc) is 2.60. The van der Waals surface area contributed by atoms with Gasteiger partial charge in [0.05, 0.1) is 0 Å². The van der Waals surface area contributed by atoms with Crippen LogP contribution in [0, 0.1) is 5.92 Å². The quantitative estimate of drug-likeness (QED) is 0.362. The van der Waals surface area contributed by atoms with Crippen LogP contribution in [0.15, 0.2) is 29.3 Å². The Morgan fingerprint density at radius 2 is 2.12 bits per heavy atom. The number of piperidine rings is 1. The van der Waals surface area contributed by atoms with Crippen LogP contribution in [0.2, 0.25) is 5.02 Å². The number of halogens is 2. The second kappa shape index (κ2) is 11.6. The lowest BCUT2D eigenvalue weighted by atomic mass is 9.94. The summed E-state index contributed by atoms with van der Waals surface area (Å²) in [5.74, 6) is 1.41. The molecule has 1 aromatic rings. The Kier molecular flexibility index (Phi) is 10.3. The van der Waals surface area contributed by atoms with Crippen LogP contribution in [0.1, 0.15) is 44.1 Å². The molecule has 1 aromatic carbocycles. The molecule has 7 heteroatoms. The van der Waals surface area contributed by atoms with Gasteiger partial charge in [-0.25, -0.2) is 0 Å². The smallest absolute Gasteiger partial charge is 0.217 e. The fourth-order valence-electron chi connectivity index (χ4n) is 3.49. The number of nitrogens with zero attached hydrogens (tertiary/aromatic N) is 2. The number of aliphatic imine (C=N–C) groups is 1. The zero-order chi connectivity index (χ0) is 18.2. The van der Waals surface area contributed by atoms with Gasteiger partial charge >= 0.3 is 0 Å². The number of rotatable bonds is 6. The third kappa shape index (κ3) is 6.95. The van der Waals surface area contributed by atoms with E-state index >= 15 is 0 Å². The first kappa shape index (κ1) is 23.0. The molecule has 3 N–H and O–H groups in total. The molecule has 0 bridgehead atoms. The fraction of sp³-hybridized carbons (Fsp3) is 0.579. The number of nitrogens with one attached hydrogen (secondary N) is 1. The van der Waals surface area contributed by atoms with Crippen molar-refractivity contribution in [3.63, 3.8) is 0 Å². The number of amides is 1. The molecule has 1 heterocycles. The molecule has 1 fully saturated rings. The van der Waals surface area contributed by atoms with E-state index in [1.807, 2.05) is 19.2 Å². The van der Waals surface area contributed by atoms with E-state index in [0.29, 0.717) is 18.3 Å². The summed E-state index contributed by atoms with van der Waals surface area (Å²) in [7, 11) is 1.81. The number of likely N-dealkylation sites (tertiary alicyclic amines) is 1. The molecule has 2 atom stereocenters. The molecule has 1 saturated heterocycles. The van der Waals surface area contributed by atoms with Crippen molar-refractivity contribution in [2.75, 3.05) is 26.7 Å². The summed E-state index contributed by atoms with van der Waals surface area (Å²) in [4.78, 5) is 17.9. The molecule has 5 nitrogen and oxygen atoms in total. The average molecular weight is 493 g/mol. The third-order valence-electron chi connectivity index (χ3n) is 4.86. The van der Waals surface area contributed by atoms with Gasteiger partial charge in [0.1, 0.15) is 0 Å². The van der Waals surface area contributed by atoms with E-state index < -0.39 is 0 Å². The first-order valence-corrected chi connectivity index (χ1v) is 9.40. The zero-order valence-electron chi connectivity index (χ0n) is 15.6. The molecule has 1 aliphatic heterocycles. The van der Waals surface area contributed by atoms with Crippen molar-refractivity contribution in [1.29, 1.82) is 0 Å². The molecular formula is C19H30ClIN4O. The van der Waals surface area contributed by atoms with Crippen LogP contribution in [-0.4, -0.2) is 43.4 Å². The minimum Gasteiger partial charge on any atom is -0.370 e. The lowest BCUT2D eigenvalue weighted by Crippen LogP contribution is -2.48. The highest BCUT2D eigenvalue weighted by atomic mass is 127. The number of guanidine groups is 1. The minimum absolute atomic E-state index is 0. The number of carbonyl (C=O) groups excluding carboxylic acids is 1. The van der Waals surface area contributed by atoms with E-state index in [1.54, 1.807) is 0 Å². The van der Waals surface area contributed by atoms with Crippen molar-refractivity contribution < 1.29 is 4.79 Å². The highest BCUT2D eigenvalue weighted by molar-refractivity contribution is 14.0. The maximum atomic E-state index is 11.2. The van der Waals surface area contributed by atoms with Gasteiger partial charge < -0.3 is 16.0 Å². The summed E-state index contributed by atoms with van der Waals surface area (Å²) in [6.07, 6.45) is 3.61. The van der Waals surface area contributed by atoms with Crippen LogP contribution in [0.4, 0.5) is 0 Å². The van der Waals surface area contributed by atoms with Crippen LogP contribution in [0.3, 0.4) is 0 Å². The molecule has 146 valence electrons. The van der Waals surface area contributed by atoms with Gasteiger partial charge in [-0.2, -0.15) is 0 Å². The molecule has 1 amide bonds. The normalized spacial score (nSPS) is 18.8. The van der Waals surface area contributed by atoms with E-state index in [4.69, 9.17) is 17.3 Å². The maximum Gasteiger partial charge on any atom is 0.217 e. The van der Waals surface area contributed by atoms with Crippen LogP contribution < -0.4 is 11.1 Å². The van der Waals surface area contributed by atoms with Crippen molar-refractivity contribution in [3.8, 4) is 0 Å². The van der Waals surface area contributed by atoms with Crippen molar-refractivity contribution in [2.45, 2.75) is 38.5 Å². The number of benzene rings is 1. The van der Waals surface area contributed by atoms with Gasteiger partial charge in [-0.3, -0.25) is 9.79 Å². The summed E-state index contributed by atoms with van der Waals surface area (Å²) in [6, 6.07) is 8.05. The highest BCUT2D eigenvalue weighted by Crippen LogP contribution is 2.22. The number of nitrogens with two attached hydrogens (primary N) is 1. The first-order chi connectivity index (χ1) is 12.0. The molecule has 0 spiro atoms. The summed E-state index contributed by atoms with van der Waals surface area (Å²) in [5, 5.41) is 4.26. The second-order valence-corrected chi connectivity index (χ2v) is 7.15. The van der Waals surface area contributed by atoms with E-state index in [1.165, 1.54) is 5.56 Å². The van der Waals surface area contributed by atoms with Gasteiger partial charge in [0.2, 0.25) is 5.91 Å². The molecule has 0 aromatic heterocycles. The van der Waals surface area contributed by atoms with Crippen molar-refractivity contribution in [1.82, 2.24) is 10.2 Å². The summed E-state index contributed by atoms with van der Waals surface area (Å²) in [6.45, 7) is 4.81. The zero-order valence-corrected chi connectivity index (χ0v) is 18.7. The number of primary amides is 1. The highest BCUT2D eigenvalue weighted by Gasteiger charge is 2.24. The Morgan fingerprint density at radius 1 is 1.42 bits per heavy atom. The molecule has 0 saturated carbocycles. The van der Waals surface area contributed by atoms with Crippen LogP contribution in [-0.2, 0) is 4.79 Å². The third-order valence-corrected chi connectivity index (χ3v) is 5.11. The minimum atomic E-state index is -0.219. The Bertz CT molecular complexity index is 594. The Morgan fingerprint density at radius 3 is 2.69 bits per heavy atom. The number of hydrogen-bond donors (Lipinski definition) is 2. The van der Waals surface area contributed by atoms with Gasteiger partial charge in [0.15, 0.2) is 5.96 Å². The predicted molar refractivity (Wildman–Crippen MR) is 119 cm³/mol. The number of hydrogen-bond acceptors (Lipinski definition) is 2. The molecule has 0 radical (unpaired) electrons. The van der Waals surface area contributed by atoms with Gasteiger partial charge in [0.25, 0.3) is 0 Å². The van der Waals surface area contributed by atoms with E-state index in [-0.39, 0.29) is 29.9 Å². The van der Waals surface area contributed by atoms with E-state index in [2.05, 4.69) is 34.3 Å². The Balaban J connectivity index is 0.00000338. The molecule has 2 unspecified atom stereocenters. The van der Waals surface area contributed by atoms with Gasteiger partial charge in [-0.15, -0.1) is 24.0 Å². The van der Waals surface area contributed by atoms with Crippen LogP contribution in [0.25, 0.3) is 0 Å². The van der Waals surface area contributed by atoms with Gasteiger partial charge in [0, 0.05) is 44.0 Å². The second-order valence-electron chi connectivity index (χ2n) is 6.71. The largest absolute Gasteiger partial charge is 0.370 e. The lowest BCUT2D eigenvalue weighted by molar-refractivity contribution is -0.119. The standard InChI is InChI=1S/C19H29ClN4O.HI/c1-3-15(16-6-8-17(20)9-7-16)12-23-19(22-2)24-10-4-5-14(13-24)11-18(21)25;/h6-9,14-15H,3-5,10-13H2,1-2H3,(H2,21,25)(H,22,23);1H. The van der Waals surface area contributed by atoms with E-state index in [0.717, 1.165) is 49.9 Å². The Hall–Kier alpha value is -1.02. The van der Waals surface area contributed by atoms with Crippen LogP contribution >= 0.6 is 35.6 Å². The topological polar surface area (TPSA) is 70.7 Å². The van der Waals surface area contributed by atoms with E-state index in [9.17, 15) is 4.79 Å². The maximum absolute atomic E-state index is 11.2. The molecule has 26 heavy (non-hydrogen) atoms. The van der Waals surface area contributed by atoms with Gasteiger partial charge in [-0.05, 0) is 42.9 Å². The molecular weight excluding hydrogens is 463 g/mol. The SMILES string of the molecule is CCC(CNC(=NC)N1CCCC(CC(N)=O)C1)c1ccc(Cl)cc1.I. The molecule has 2 rings (SSSR count). The molecule has 1 aliphatic rings. The lowest BCUT2D eigenvalue weighted by Gasteiger charge is -2.35. The summed E-state index contributed by atoms with van der Waals surface area (Å²) >= 11 is 5.99. The Labute approximate surface area is 178 Å². The first-order valence-electron chi connectivity index (χ1n) is 9.02. The monoisotopic (exact) mass is 492 g/mol. The molecule has 0 aliphatic carbocycles. The van der Waals surface area contributed by atoms with Gasteiger partial charge in [-0.1, -0.05) is 30.7 Å². The van der Waals surface area contributed by atoms with Crippen molar-refractivity contribution >= 4 is 47.4 Å². The van der Waals surface area contributed by atoms with Crippen molar-refractivity contribution in [2.24, 2.45) is 16.6 Å².